The summed E-state index contributed by atoms with van der Waals surface area (Å²) in [6, 6.07) is 15.2. The lowest BCUT2D eigenvalue weighted by atomic mass is 10.1. The first-order valence-electron chi connectivity index (χ1n) is 8.35. The predicted octanol–water partition coefficient (Wildman–Crippen LogP) is 3.73. The second-order valence-electron chi connectivity index (χ2n) is 5.87. The number of methoxy groups -OCH3 is 1. The van der Waals surface area contributed by atoms with E-state index in [-0.39, 0.29) is 11.9 Å². The van der Waals surface area contributed by atoms with Crippen LogP contribution in [-0.2, 0) is 4.79 Å². The molecule has 0 radical (unpaired) electrons. The van der Waals surface area contributed by atoms with Crippen molar-refractivity contribution in [3.63, 3.8) is 0 Å². The molecule has 0 aromatic heterocycles. The highest BCUT2D eigenvalue weighted by molar-refractivity contribution is 5.99. The van der Waals surface area contributed by atoms with Crippen molar-refractivity contribution in [2.24, 2.45) is 5.10 Å². The van der Waals surface area contributed by atoms with E-state index in [0.29, 0.717) is 6.42 Å². The van der Waals surface area contributed by atoms with Gasteiger partial charge in [0.1, 0.15) is 11.8 Å². The number of amides is 1. The molecule has 0 aliphatic rings. The van der Waals surface area contributed by atoms with E-state index in [0.717, 1.165) is 22.7 Å². The van der Waals surface area contributed by atoms with E-state index in [2.05, 4.69) is 15.8 Å². The summed E-state index contributed by atoms with van der Waals surface area (Å²) in [5.41, 5.74) is 6.46. The van der Waals surface area contributed by atoms with Crippen molar-refractivity contribution >= 4 is 17.3 Å². The molecule has 0 aliphatic heterocycles. The van der Waals surface area contributed by atoms with Gasteiger partial charge in [0, 0.05) is 5.69 Å². The van der Waals surface area contributed by atoms with Crippen LogP contribution < -0.4 is 15.5 Å². The molecule has 5 heteroatoms. The maximum absolute atomic E-state index is 12.4. The zero-order valence-electron chi connectivity index (χ0n) is 15.2. The van der Waals surface area contributed by atoms with Gasteiger partial charge in [-0.1, -0.05) is 36.8 Å². The number of hydrogen-bond donors (Lipinski definition) is 2. The number of anilines is 1. The van der Waals surface area contributed by atoms with Gasteiger partial charge >= 0.3 is 0 Å². The predicted molar refractivity (Wildman–Crippen MR) is 102 cm³/mol. The molecule has 2 rings (SSSR count). The van der Waals surface area contributed by atoms with Gasteiger partial charge in [-0.25, -0.2) is 5.43 Å². The average molecular weight is 339 g/mol. The maximum atomic E-state index is 12.4. The van der Waals surface area contributed by atoms with E-state index >= 15 is 0 Å². The molecular weight excluding hydrogens is 314 g/mol. The molecule has 2 N–H and O–H groups in total. The molecule has 132 valence electrons. The quantitative estimate of drug-likeness (QED) is 0.597. The van der Waals surface area contributed by atoms with Gasteiger partial charge in [-0.05, 0) is 50.1 Å². The molecule has 5 nitrogen and oxygen atoms in total. The Balaban J connectivity index is 1.98. The summed E-state index contributed by atoms with van der Waals surface area (Å²) in [5.74, 6) is 0.617. The zero-order valence-corrected chi connectivity index (χ0v) is 15.2. The summed E-state index contributed by atoms with van der Waals surface area (Å²) >= 11 is 0. The molecule has 1 atom stereocenters. The van der Waals surface area contributed by atoms with E-state index < -0.39 is 0 Å². The van der Waals surface area contributed by atoms with Gasteiger partial charge in [-0.15, -0.1) is 0 Å². The van der Waals surface area contributed by atoms with Crippen LogP contribution in [0.4, 0.5) is 5.69 Å². The van der Waals surface area contributed by atoms with Crippen molar-refractivity contribution in [3.8, 4) is 5.75 Å². The van der Waals surface area contributed by atoms with Crippen molar-refractivity contribution in [2.45, 2.75) is 33.2 Å². The monoisotopic (exact) mass is 339 g/mol. The van der Waals surface area contributed by atoms with Crippen LogP contribution in [0.25, 0.3) is 0 Å². The van der Waals surface area contributed by atoms with Crippen LogP contribution in [0.2, 0.25) is 0 Å². The van der Waals surface area contributed by atoms with Crippen LogP contribution in [0, 0.1) is 6.92 Å². The Bertz CT molecular complexity index is 722. The second-order valence-corrected chi connectivity index (χ2v) is 5.87. The number of carbonyl (C=O) groups is 1. The summed E-state index contributed by atoms with van der Waals surface area (Å²) in [6.07, 6.45) is 0.650. The van der Waals surface area contributed by atoms with Crippen LogP contribution in [0.5, 0.6) is 5.75 Å². The molecule has 0 spiro atoms. The van der Waals surface area contributed by atoms with Crippen molar-refractivity contribution in [1.82, 2.24) is 5.43 Å². The van der Waals surface area contributed by atoms with Crippen LogP contribution in [0.3, 0.4) is 0 Å². The van der Waals surface area contributed by atoms with Crippen molar-refractivity contribution in [2.75, 3.05) is 12.4 Å². The fourth-order valence-corrected chi connectivity index (χ4v) is 2.32. The summed E-state index contributed by atoms with van der Waals surface area (Å²) in [5, 5.41) is 7.43. The first-order chi connectivity index (χ1) is 12.0. The van der Waals surface area contributed by atoms with Gasteiger partial charge in [0.15, 0.2) is 0 Å². The summed E-state index contributed by atoms with van der Waals surface area (Å²) in [7, 11) is 1.62. The number of aryl methyl sites for hydroxylation is 1. The number of carbonyl (C=O) groups excluding carboxylic acids is 1. The molecule has 0 saturated carbocycles. The number of hydrazone groups is 1. The highest BCUT2D eigenvalue weighted by Gasteiger charge is 2.15. The summed E-state index contributed by atoms with van der Waals surface area (Å²) in [6.45, 7) is 5.87. The molecular formula is C20H25N3O2. The van der Waals surface area contributed by atoms with E-state index in [1.165, 1.54) is 5.56 Å². The normalized spacial score (nSPS) is 12.4. The molecule has 0 aliphatic carbocycles. The molecule has 2 aromatic carbocycles. The molecule has 0 bridgehead atoms. The molecule has 1 unspecified atom stereocenters. The second kappa shape index (κ2) is 8.87. The SMILES string of the molecule is CCC(Nc1ccc(OC)cc1)C(=O)NN=C(C)c1ccc(C)cc1. The lowest BCUT2D eigenvalue weighted by Crippen LogP contribution is -2.37. The summed E-state index contributed by atoms with van der Waals surface area (Å²) in [4.78, 5) is 12.4. The first kappa shape index (κ1) is 18.5. The standard InChI is InChI=1S/C20H25N3O2/c1-5-19(21-17-10-12-18(25-4)13-11-17)20(24)23-22-15(3)16-8-6-14(2)7-9-16/h6-13,19,21H,5H2,1-4H3,(H,23,24). The van der Waals surface area contributed by atoms with Gasteiger partial charge in [-0.3, -0.25) is 4.79 Å². The minimum atomic E-state index is -0.358. The molecule has 0 fully saturated rings. The third-order valence-corrected chi connectivity index (χ3v) is 3.96. The number of hydrogen-bond acceptors (Lipinski definition) is 4. The topological polar surface area (TPSA) is 62.7 Å². The van der Waals surface area contributed by atoms with E-state index in [1.807, 2.05) is 69.3 Å². The Hall–Kier alpha value is -2.82. The third-order valence-electron chi connectivity index (χ3n) is 3.96. The Morgan fingerprint density at radius 1 is 1.12 bits per heavy atom. The highest BCUT2D eigenvalue weighted by atomic mass is 16.5. The zero-order chi connectivity index (χ0) is 18.2. The molecule has 2 aromatic rings. The Kier molecular flexibility index (Phi) is 6.57. The number of ether oxygens (including phenoxy) is 1. The largest absolute Gasteiger partial charge is 0.497 e. The molecule has 1 amide bonds. The van der Waals surface area contributed by atoms with E-state index in [9.17, 15) is 4.79 Å². The molecule has 0 heterocycles. The van der Waals surface area contributed by atoms with Crippen molar-refractivity contribution in [3.05, 3.63) is 59.7 Å². The van der Waals surface area contributed by atoms with Gasteiger partial charge in [0.25, 0.3) is 5.91 Å². The Morgan fingerprint density at radius 3 is 2.32 bits per heavy atom. The lowest BCUT2D eigenvalue weighted by Gasteiger charge is -2.17. The lowest BCUT2D eigenvalue weighted by molar-refractivity contribution is -0.121. The minimum Gasteiger partial charge on any atom is -0.497 e. The minimum absolute atomic E-state index is 0.162. The fourth-order valence-electron chi connectivity index (χ4n) is 2.32. The van der Waals surface area contributed by atoms with E-state index in [4.69, 9.17) is 4.74 Å². The summed E-state index contributed by atoms with van der Waals surface area (Å²) < 4.78 is 5.14. The smallest absolute Gasteiger partial charge is 0.262 e. The maximum Gasteiger partial charge on any atom is 0.262 e. The number of rotatable bonds is 7. The number of benzene rings is 2. The number of nitrogens with one attached hydrogen (secondary N) is 2. The van der Waals surface area contributed by atoms with Crippen LogP contribution in [0.1, 0.15) is 31.4 Å². The van der Waals surface area contributed by atoms with Gasteiger partial charge in [-0.2, -0.15) is 5.10 Å². The molecule has 0 saturated heterocycles. The Labute approximate surface area is 149 Å². The van der Waals surface area contributed by atoms with Crippen molar-refractivity contribution in [1.29, 1.82) is 0 Å². The van der Waals surface area contributed by atoms with Crippen LogP contribution in [-0.4, -0.2) is 24.8 Å². The van der Waals surface area contributed by atoms with Gasteiger partial charge in [0.05, 0.1) is 12.8 Å². The third kappa shape index (κ3) is 5.35. The fraction of sp³-hybridized carbons (Fsp3) is 0.300. The van der Waals surface area contributed by atoms with E-state index in [1.54, 1.807) is 7.11 Å². The average Bonchev–Trinajstić information content (AvgIpc) is 2.65. The number of nitrogens with zero attached hydrogens (tertiary/aromatic N) is 1. The molecule has 25 heavy (non-hydrogen) atoms. The van der Waals surface area contributed by atoms with Crippen molar-refractivity contribution < 1.29 is 9.53 Å². The van der Waals surface area contributed by atoms with Crippen LogP contribution in [0.15, 0.2) is 53.6 Å². The Morgan fingerprint density at radius 2 is 1.76 bits per heavy atom. The van der Waals surface area contributed by atoms with Crippen LogP contribution >= 0.6 is 0 Å². The van der Waals surface area contributed by atoms with Gasteiger partial charge < -0.3 is 10.1 Å². The highest BCUT2D eigenvalue weighted by Crippen LogP contribution is 2.16. The first-order valence-corrected chi connectivity index (χ1v) is 8.35. The van der Waals surface area contributed by atoms with Gasteiger partial charge in [0.2, 0.25) is 0 Å².